The summed E-state index contributed by atoms with van der Waals surface area (Å²) in [6, 6.07) is 7.14. The maximum atomic E-state index is 13.5. The molecule has 1 amide bonds. The molecule has 1 N–H and O–H groups in total. The van der Waals surface area contributed by atoms with Crippen molar-refractivity contribution in [2.75, 3.05) is 31.8 Å². The minimum absolute atomic E-state index is 0.213. The van der Waals surface area contributed by atoms with Crippen LogP contribution in [0.1, 0.15) is 60.3 Å². The zero-order chi connectivity index (χ0) is 29.5. The van der Waals surface area contributed by atoms with Crippen molar-refractivity contribution in [3.63, 3.8) is 0 Å². The number of amides is 1. The number of fused-ring (bicyclic) bond motifs is 2. The number of nitrogens with zero attached hydrogens (tertiary/aromatic N) is 1. The van der Waals surface area contributed by atoms with E-state index in [0.29, 0.717) is 24.5 Å². The maximum Gasteiger partial charge on any atom is 0.407 e. The zero-order valence-corrected chi connectivity index (χ0v) is 26.9. The standard InChI is InChI=1S/C31H42N2O6SSi/c1-7-38-29(35)22-18-33(19-10-11-19)26-21(27(22)34)13-12-20(28(26)37-3)25-17-23-24(40-25)9-8-14-31(23,2)32-30(36)39-15-16-41(4,5)6/h12-13,17,19,22H,7-11,14-16,18H2,1-6H3,(H,32,36). The summed E-state index contributed by atoms with van der Waals surface area (Å²) in [7, 11) is 0.345. The Kier molecular flexibility index (Phi) is 8.27. The Hall–Kier alpha value is -2.85. The predicted octanol–water partition coefficient (Wildman–Crippen LogP) is 6.38. The number of carbonyl (C=O) groups excluding carboxylic acids is 3. The summed E-state index contributed by atoms with van der Waals surface area (Å²) in [5, 5.41) is 3.18. The molecule has 1 aromatic carbocycles. The van der Waals surface area contributed by atoms with Crippen LogP contribution in [-0.4, -0.2) is 58.8 Å². The van der Waals surface area contributed by atoms with E-state index in [1.54, 1.807) is 25.4 Å². The highest BCUT2D eigenvalue weighted by atomic mass is 32.1. The molecule has 0 bridgehead atoms. The fourth-order valence-electron chi connectivity index (χ4n) is 5.95. The highest BCUT2D eigenvalue weighted by Crippen LogP contribution is 2.51. The number of thiophene rings is 1. The molecule has 5 rings (SSSR count). The molecule has 2 heterocycles. The van der Waals surface area contributed by atoms with Gasteiger partial charge >= 0.3 is 12.1 Å². The summed E-state index contributed by atoms with van der Waals surface area (Å²) in [5.41, 5.74) is 2.79. The van der Waals surface area contributed by atoms with Crippen LogP contribution in [0.2, 0.25) is 25.7 Å². The lowest BCUT2D eigenvalue weighted by Gasteiger charge is -2.36. The van der Waals surface area contributed by atoms with Crippen molar-refractivity contribution in [3.8, 4) is 16.2 Å². The topological polar surface area (TPSA) is 94.2 Å². The number of aryl methyl sites for hydroxylation is 1. The molecule has 0 saturated heterocycles. The molecule has 8 nitrogen and oxygen atoms in total. The lowest BCUT2D eigenvalue weighted by atomic mass is 9.81. The predicted molar refractivity (Wildman–Crippen MR) is 164 cm³/mol. The number of carbonyl (C=O) groups is 3. The molecular weight excluding hydrogens is 557 g/mol. The number of rotatable bonds is 9. The Morgan fingerprint density at radius 3 is 2.56 bits per heavy atom. The molecule has 41 heavy (non-hydrogen) atoms. The monoisotopic (exact) mass is 598 g/mol. The quantitative estimate of drug-likeness (QED) is 0.203. The van der Waals surface area contributed by atoms with Crippen molar-refractivity contribution in [1.82, 2.24) is 5.32 Å². The van der Waals surface area contributed by atoms with Crippen LogP contribution in [0.25, 0.3) is 10.4 Å². The first-order valence-electron chi connectivity index (χ1n) is 14.7. The third-order valence-corrected chi connectivity index (χ3v) is 11.3. The van der Waals surface area contributed by atoms with Crippen molar-refractivity contribution in [2.24, 2.45) is 5.92 Å². The zero-order valence-electron chi connectivity index (χ0n) is 25.1. The molecule has 2 unspecified atom stereocenters. The van der Waals surface area contributed by atoms with Crippen LogP contribution in [0.4, 0.5) is 10.5 Å². The van der Waals surface area contributed by atoms with Gasteiger partial charge in [-0.15, -0.1) is 11.3 Å². The lowest BCUT2D eigenvalue weighted by molar-refractivity contribution is -0.145. The van der Waals surface area contributed by atoms with Gasteiger partial charge < -0.3 is 24.4 Å². The molecule has 2 atom stereocenters. The van der Waals surface area contributed by atoms with E-state index in [2.05, 4.69) is 42.8 Å². The van der Waals surface area contributed by atoms with Crippen molar-refractivity contribution in [1.29, 1.82) is 0 Å². The number of ketones is 1. The first-order valence-corrected chi connectivity index (χ1v) is 19.2. The average Bonchev–Trinajstić information content (AvgIpc) is 3.65. The van der Waals surface area contributed by atoms with Crippen molar-refractivity contribution >= 4 is 42.9 Å². The van der Waals surface area contributed by atoms with Gasteiger partial charge in [0.15, 0.2) is 11.5 Å². The first kappa shape index (κ1) is 29.6. The number of esters is 1. The second kappa shape index (κ2) is 11.4. The van der Waals surface area contributed by atoms with E-state index >= 15 is 0 Å². The second-order valence-electron chi connectivity index (χ2n) is 12.8. The Morgan fingerprint density at radius 2 is 1.90 bits per heavy atom. The van der Waals surface area contributed by atoms with Crippen LogP contribution < -0.4 is 15.0 Å². The lowest BCUT2D eigenvalue weighted by Crippen LogP contribution is -2.45. The van der Waals surface area contributed by atoms with Crippen molar-refractivity contribution < 1.29 is 28.6 Å². The number of methoxy groups -OCH3 is 1. The van der Waals surface area contributed by atoms with E-state index in [9.17, 15) is 14.4 Å². The molecule has 10 heteroatoms. The number of Topliss-reactive ketones (excluding diaryl/α,β-unsaturated/α-hetero) is 1. The average molecular weight is 599 g/mol. The molecular formula is C31H42N2O6SSi. The third kappa shape index (κ3) is 6.04. The minimum atomic E-state index is -1.30. The number of hydrogen-bond acceptors (Lipinski definition) is 8. The molecule has 1 aliphatic heterocycles. The van der Waals surface area contributed by atoms with Gasteiger partial charge in [-0.3, -0.25) is 9.59 Å². The number of alkyl carbamates (subject to hydrolysis) is 1. The summed E-state index contributed by atoms with van der Waals surface area (Å²) in [5.74, 6) is -0.849. The van der Waals surface area contributed by atoms with E-state index in [0.717, 1.165) is 59.8 Å². The third-order valence-electron chi connectivity index (χ3n) is 8.36. The smallest absolute Gasteiger partial charge is 0.407 e. The molecule has 0 spiro atoms. The van der Waals surface area contributed by atoms with Crippen LogP contribution in [0.15, 0.2) is 18.2 Å². The fraction of sp³-hybridized carbons (Fsp3) is 0.581. The Balaban J connectivity index is 1.46. The van der Waals surface area contributed by atoms with Crippen LogP contribution >= 0.6 is 11.3 Å². The summed E-state index contributed by atoms with van der Waals surface area (Å²) >= 11 is 1.71. The number of benzene rings is 1. The SMILES string of the molecule is CCOC(=O)C1CN(C2CC2)c2c(ccc(-c3cc4c(s3)CCCC4(C)NC(=O)OCC[Si](C)(C)C)c2OC)C1=O. The number of nitrogens with one attached hydrogen (secondary N) is 1. The first-order chi connectivity index (χ1) is 19.5. The van der Waals surface area contributed by atoms with Gasteiger partial charge in [-0.05, 0) is 75.8 Å². The van der Waals surface area contributed by atoms with E-state index in [4.69, 9.17) is 14.2 Å². The van der Waals surface area contributed by atoms with Gasteiger partial charge in [-0.1, -0.05) is 19.6 Å². The molecule has 2 aromatic rings. The largest absolute Gasteiger partial charge is 0.494 e. The van der Waals surface area contributed by atoms with E-state index in [-0.39, 0.29) is 24.5 Å². The summed E-state index contributed by atoms with van der Waals surface area (Å²) < 4.78 is 16.8. The minimum Gasteiger partial charge on any atom is -0.494 e. The van der Waals surface area contributed by atoms with Gasteiger partial charge in [0.05, 0.1) is 31.5 Å². The highest BCUT2D eigenvalue weighted by molar-refractivity contribution is 7.15. The molecule has 1 fully saturated rings. The van der Waals surface area contributed by atoms with Gasteiger partial charge in [0, 0.05) is 41.5 Å². The van der Waals surface area contributed by atoms with E-state index in [1.165, 1.54) is 4.88 Å². The van der Waals surface area contributed by atoms with Gasteiger partial charge in [0.1, 0.15) is 5.92 Å². The summed E-state index contributed by atoms with van der Waals surface area (Å²) in [6.45, 7) is 11.6. The highest BCUT2D eigenvalue weighted by Gasteiger charge is 2.45. The Bertz CT molecular complexity index is 1350. The molecule has 2 aliphatic carbocycles. The molecule has 222 valence electrons. The van der Waals surface area contributed by atoms with Crippen LogP contribution in [0, 0.1) is 5.92 Å². The Morgan fingerprint density at radius 1 is 1.17 bits per heavy atom. The van der Waals surface area contributed by atoms with Gasteiger partial charge in [-0.25, -0.2) is 4.79 Å². The van der Waals surface area contributed by atoms with Crippen LogP contribution in [0.5, 0.6) is 5.75 Å². The number of ether oxygens (including phenoxy) is 3. The van der Waals surface area contributed by atoms with Crippen molar-refractivity contribution in [2.45, 2.75) is 83.2 Å². The number of anilines is 1. The molecule has 1 saturated carbocycles. The molecule has 1 aromatic heterocycles. The van der Waals surface area contributed by atoms with E-state index in [1.807, 2.05) is 12.1 Å². The summed E-state index contributed by atoms with van der Waals surface area (Å²) in [4.78, 5) is 43.4. The number of hydrogen-bond donors (Lipinski definition) is 1. The molecule has 0 radical (unpaired) electrons. The van der Waals surface area contributed by atoms with Crippen molar-refractivity contribution in [3.05, 3.63) is 34.2 Å². The van der Waals surface area contributed by atoms with Gasteiger partial charge in [0.2, 0.25) is 0 Å². The van der Waals surface area contributed by atoms with Crippen LogP contribution in [0.3, 0.4) is 0 Å². The van der Waals surface area contributed by atoms with Gasteiger partial charge in [0.25, 0.3) is 0 Å². The molecule has 3 aliphatic rings. The maximum absolute atomic E-state index is 13.5. The Labute approximate surface area is 247 Å². The second-order valence-corrected chi connectivity index (χ2v) is 19.6. The van der Waals surface area contributed by atoms with Gasteiger partial charge in [-0.2, -0.15) is 0 Å². The van der Waals surface area contributed by atoms with E-state index < -0.39 is 25.5 Å². The van der Waals surface area contributed by atoms with Crippen LogP contribution in [-0.2, 0) is 26.2 Å². The fourth-order valence-corrected chi connectivity index (χ4v) is 8.02. The summed E-state index contributed by atoms with van der Waals surface area (Å²) in [6.07, 6.45) is 4.42. The normalized spacial score (nSPS) is 22.0.